The highest BCUT2D eigenvalue weighted by Crippen LogP contribution is 2.56. The molecular formula is C30H37N5O3. The predicted octanol–water partition coefficient (Wildman–Crippen LogP) is 4.49. The lowest BCUT2D eigenvalue weighted by atomic mass is 9.53. The first-order valence-corrected chi connectivity index (χ1v) is 13.9. The molecule has 0 aliphatic heterocycles. The van der Waals surface area contributed by atoms with Gasteiger partial charge in [-0.2, -0.15) is 5.10 Å². The molecule has 0 saturated heterocycles. The molecule has 4 saturated carbocycles. The van der Waals surface area contributed by atoms with Gasteiger partial charge in [0.05, 0.1) is 5.52 Å². The van der Waals surface area contributed by atoms with E-state index in [2.05, 4.69) is 15.5 Å². The molecule has 8 nitrogen and oxygen atoms in total. The van der Waals surface area contributed by atoms with Gasteiger partial charge in [0.15, 0.2) is 0 Å². The van der Waals surface area contributed by atoms with E-state index in [0.717, 1.165) is 47.8 Å². The third-order valence-corrected chi connectivity index (χ3v) is 9.47. The topological polar surface area (TPSA) is 124 Å². The zero-order valence-corrected chi connectivity index (χ0v) is 21.8. The van der Waals surface area contributed by atoms with Crippen LogP contribution in [0, 0.1) is 23.7 Å². The van der Waals surface area contributed by atoms with Gasteiger partial charge in [-0.1, -0.05) is 48.5 Å². The zero-order chi connectivity index (χ0) is 26.4. The van der Waals surface area contributed by atoms with Gasteiger partial charge in [0, 0.05) is 36.1 Å². The van der Waals surface area contributed by atoms with Crippen molar-refractivity contribution >= 4 is 22.9 Å². The Kier molecular flexibility index (Phi) is 6.38. The summed E-state index contributed by atoms with van der Waals surface area (Å²) in [5, 5.41) is 22.2. The summed E-state index contributed by atoms with van der Waals surface area (Å²) >= 11 is 0. The number of fused-ring (bicyclic) bond motifs is 1. The fourth-order valence-electron chi connectivity index (χ4n) is 7.96. The molecule has 7 rings (SSSR count). The van der Waals surface area contributed by atoms with Crippen LogP contribution < -0.4 is 11.1 Å². The number of benzene rings is 2. The molecule has 2 aromatic carbocycles. The summed E-state index contributed by atoms with van der Waals surface area (Å²) in [5.74, 6) is 1.69. The van der Waals surface area contributed by atoms with Crippen molar-refractivity contribution in [2.24, 2.45) is 29.4 Å². The van der Waals surface area contributed by atoms with Crippen LogP contribution in [0.1, 0.15) is 56.3 Å². The van der Waals surface area contributed by atoms with Crippen LogP contribution in [0.5, 0.6) is 0 Å². The number of aromatic nitrogens is 2. The van der Waals surface area contributed by atoms with Gasteiger partial charge < -0.3 is 16.2 Å². The number of aromatic amines is 1. The number of rotatable bonds is 8. The zero-order valence-electron chi connectivity index (χ0n) is 21.8. The average Bonchev–Trinajstić information content (AvgIpc) is 3.31. The third-order valence-electron chi connectivity index (χ3n) is 9.47. The largest absolute Gasteiger partial charge is 0.465 e. The van der Waals surface area contributed by atoms with Gasteiger partial charge in [-0.15, -0.1) is 0 Å². The van der Waals surface area contributed by atoms with Crippen molar-refractivity contribution in [1.82, 2.24) is 20.4 Å². The lowest BCUT2D eigenvalue weighted by Crippen LogP contribution is -2.68. The van der Waals surface area contributed by atoms with E-state index in [1.807, 2.05) is 54.6 Å². The molecule has 5 N–H and O–H groups in total. The van der Waals surface area contributed by atoms with Crippen molar-refractivity contribution in [3.8, 4) is 0 Å². The predicted molar refractivity (Wildman–Crippen MR) is 145 cm³/mol. The normalized spacial score (nSPS) is 28.1. The Bertz CT molecular complexity index is 1300. The molecule has 8 heteroatoms. The Morgan fingerprint density at radius 2 is 1.68 bits per heavy atom. The van der Waals surface area contributed by atoms with Crippen LogP contribution in [0.2, 0.25) is 0 Å². The molecule has 0 spiro atoms. The summed E-state index contributed by atoms with van der Waals surface area (Å²) in [7, 11) is 0. The lowest BCUT2D eigenvalue weighted by Gasteiger charge is -2.59. The fraction of sp³-hybridized carbons (Fsp3) is 0.500. The number of carbonyl (C=O) groups is 2. The van der Waals surface area contributed by atoms with E-state index in [1.54, 1.807) is 6.92 Å². The second-order valence-electron chi connectivity index (χ2n) is 12.0. The maximum atomic E-state index is 14.1. The quantitative estimate of drug-likeness (QED) is 0.352. The number of nitrogens with two attached hydrogens (primary N) is 1. The van der Waals surface area contributed by atoms with Crippen LogP contribution in [0.25, 0.3) is 10.9 Å². The Hall–Kier alpha value is -3.39. The van der Waals surface area contributed by atoms with Gasteiger partial charge >= 0.3 is 6.09 Å². The Morgan fingerprint density at radius 3 is 2.34 bits per heavy atom. The monoisotopic (exact) mass is 515 g/mol. The molecule has 1 heterocycles. The maximum Gasteiger partial charge on any atom is 0.408 e. The summed E-state index contributed by atoms with van der Waals surface area (Å²) in [6.07, 6.45) is 4.69. The Balaban J connectivity index is 1.34. The van der Waals surface area contributed by atoms with E-state index in [4.69, 9.17) is 5.73 Å². The van der Waals surface area contributed by atoms with E-state index in [0.29, 0.717) is 23.7 Å². The molecule has 0 radical (unpaired) electrons. The number of carboxylic acid groups (broad SMARTS) is 1. The molecule has 1 aromatic heterocycles. The van der Waals surface area contributed by atoms with Crippen LogP contribution >= 0.6 is 0 Å². The van der Waals surface area contributed by atoms with E-state index in [-0.39, 0.29) is 24.9 Å². The van der Waals surface area contributed by atoms with Crippen molar-refractivity contribution < 1.29 is 14.7 Å². The number of hydrogen-bond donors (Lipinski definition) is 4. The number of amides is 2. The Labute approximate surface area is 223 Å². The number of para-hydroxylation sites is 1. The van der Waals surface area contributed by atoms with Gasteiger partial charge in [-0.25, -0.2) is 4.79 Å². The van der Waals surface area contributed by atoms with E-state index < -0.39 is 17.7 Å². The second kappa shape index (κ2) is 9.73. The molecule has 4 bridgehead atoms. The standard InChI is InChI=1S/C30H37N5O3/c1-30(16-26-23-9-5-6-10-25(23)33-34-26,28(36)32-17-24(31)20-7-3-2-4-8-20)35(29(37)38)27-21-12-18-11-19(14-21)15-22(27)13-18/h2-10,18-19,21-22,24,27H,11-17,31H2,1H3,(H,32,36)(H,33,34)(H,37,38). The van der Waals surface area contributed by atoms with E-state index in [9.17, 15) is 14.7 Å². The van der Waals surface area contributed by atoms with Gasteiger partial charge in [0.25, 0.3) is 0 Å². The van der Waals surface area contributed by atoms with Gasteiger partial charge in [0.2, 0.25) is 5.91 Å². The van der Waals surface area contributed by atoms with Crippen molar-refractivity contribution in [2.75, 3.05) is 6.54 Å². The highest BCUT2D eigenvalue weighted by molar-refractivity contribution is 5.91. The molecule has 2 unspecified atom stereocenters. The van der Waals surface area contributed by atoms with Crippen molar-refractivity contribution in [2.45, 2.75) is 63.1 Å². The van der Waals surface area contributed by atoms with Gasteiger partial charge in [0.1, 0.15) is 5.54 Å². The smallest absolute Gasteiger partial charge is 0.408 e. The summed E-state index contributed by atoms with van der Waals surface area (Å²) < 4.78 is 0. The molecule has 4 fully saturated rings. The van der Waals surface area contributed by atoms with Crippen molar-refractivity contribution in [3.63, 3.8) is 0 Å². The molecule has 2 atom stereocenters. The summed E-state index contributed by atoms with van der Waals surface area (Å²) in [6, 6.07) is 16.8. The molecule has 2 amide bonds. The minimum Gasteiger partial charge on any atom is -0.465 e. The second-order valence-corrected chi connectivity index (χ2v) is 12.0. The highest BCUT2D eigenvalue weighted by atomic mass is 16.4. The van der Waals surface area contributed by atoms with Crippen LogP contribution in [0.4, 0.5) is 4.79 Å². The number of carbonyl (C=O) groups excluding carboxylic acids is 1. The molecule has 3 aromatic rings. The minimum atomic E-state index is -1.34. The first kappa shape index (κ1) is 24.9. The minimum absolute atomic E-state index is 0.159. The number of nitrogens with zero attached hydrogens (tertiary/aromatic N) is 2. The first-order chi connectivity index (χ1) is 18.3. The van der Waals surface area contributed by atoms with Gasteiger partial charge in [-0.05, 0) is 74.3 Å². The highest BCUT2D eigenvalue weighted by Gasteiger charge is 2.56. The van der Waals surface area contributed by atoms with Gasteiger partial charge in [-0.3, -0.25) is 14.8 Å². The summed E-state index contributed by atoms with van der Waals surface area (Å²) in [4.78, 5) is 28.8. The summed E-state index contributed by atoms with van der Waals surface area (Å²) in [5.41, 5.74) is 7.56. The van der Waals surface area contributed by atoms with E-state index >= 15 is 0 Å². The Morgan fingerprint density at radius 1 is 1.05 bits per heavy atom. The third kappa shape index (κ3) is 4.34. The molecule has 4 aliphatic carbocycles. The number of H-pyrrole nitrogens is 1. The first-order valence-electron chi connectivity index (χ1n) is 13.9. The average molecular weight is 516 g/mol. The van der Waals surface area contributed by atoms with Crippen LogP contribution in [-0.4, -0.2) is 50.3 Å². The SMILES string of the molecule is CC(Cc1[nH]nc2ccccc12)(C(=O)NCC(N)c1ccccc1)N(C(=O)O)C1C2CC3CC(C2)CC1C3. The van der Waals surface area contributed by atoms with Crippen molar-refractivity contribution in [1.29, 1.82) is 0 Å². The fourth-order valence-corrected chi connectivity index (χ4v) is 7.96. The van der Waals surface area contributed by atoms with Crippen molar-refractivity contribution in [3.05, 3.63) is 65.9 Å². The number of nitrogens with one attached hydrogen (secondary N) is 2. The molecule has 38 heavy (non-hydrogen) atoms. The van der Waals surface area contributed by atoms with Crippen LogP contribution in [-0.2, 0) is 11.2 Å². The van der Waals surface area contributed by atoms with E-state index in [1.165, 1.54) is 11.3 Å². The number of hydrogen-bond acceptors (Lipinski definition) is 4. The molecular weight excluding hydrogens is 478 g/mol. The lowest BCUT2D eigenvalue weighted by molar-refractivity contribution is -0.140. The molecule has 200 valence electrons. The van der Waals surface area contributed by atoms with Crippen LogP contribution in [0.15, 0.2) is 54.6 Å². The molecule has 4 aliphatic rings. The van der Waals surface area contributed by atoms with Crippen LogP contribution in [0.3, 0.4) is 0 Å². The maximum absolute atomic E-state index is 14.1. The summed E-state index contributed by atoms with van der Waals surface area (Å²) in [6.45, 7) is 2.00.